The van der Waals surface area contributed by atoms with E-state index in [9.17, 15) is 8.42 Å². The minimum Gasteiger partial charge on any atom is -0.376 e. The van der Waals surface area contributed by atoms with Crippen LogP contribution in [0.1, 0.15) is 11.9 Å². The Hall–Kier alpha value is -1.07. The quantitative estimate of drug-likeness (QED) is 0.700. The second-order valence-electron chi connectivity index (χ2n) is 5.92. The number of hydrogen-bond acceptors (Lipinski definition) is 8. The third kappa shape index (κ3) is 4.20. The van der Waals surface area contributed by atoms with Gasteiger partial charge in [-0.05, 0) is 0 Å². The van der Waals surface area contributed by atoms with E-state index in [1.165, 1.54) is 14.2 Å². The summed E-state index contributed by atoms with van der Waals surface area (Å²) in [6.45, 7) is 0.259. The standard InChI is InChI=1S/C16H22O8S/c1-19-13-12-11(22-16(20-2)14(13)24-25(3,17)18)9-21-15(23-12)10-7-5-4-6-8-10/h4-8,11-16H,9H2,1-3H3/t11?,12-,13?,14-,15?,16?/m1/s1. The molecule has 3 rings (SSSR count). The average Bonchev–Trinajstić information content (AvgIpc) is 2.60. The molecule has 2 aliphatic heterocycles. The first kappa shape index (κ1) is 18.7. The van der Waals surface area contributed by atoms with Crippen LogP contribution in [0.3, 0.4) is 0 Å². The summed E-state index contributed by atoms with van der Waals surface area (Å²) in [5.41, 5.74) is 0.852. The summed E-state index contributed by atoms with van der Waals surface area (Å²) in [6, 6.07) is 9.44. The summed E-state index contributed by atoms with van der Waals surface area (Å²) in [4.78, 5) is 0. The van der Waals surface area contributed by atoms with Gasteiger partial charge in [-0.1, -0.05) is 30.3 Å². The molecule has 0 radical (unpaired) electrons. The number of ether oxygens (including phenoxy) is 5. The van der Waals surface area contributed by atoms with Crippen LogP contribution in [0, 0.1) is 0 Å². The van der Waals surface area contributed by atoms with Crippen molar-refractivity contribution in [3.63, 3.8) is 0 Å². The van der Waals surface area contributed by atoms with Crippen molar-refractivity contribution in [2.75, 3.05) is 27.1 Å². The molecule has 1 aromatic carbocycles. The first-order valence-corrected chi connectivity index (χ1v) is 9.66. The summed E-state index contributed by atoms with van der Waals surface area (Å²) in [7, 11) is -0.863. The van der Waals surface area contributed by atoms with Crippen molar-refractivity contribution in [3.8, 4) is 0 Å². The zero-order valence-corrected chi connectivity index (χ0v) is 15.0. The normalized spacial score (nSPS) is 36.0. The fraction of sp³-hybridized carbons (Fsp3) is 0.625. The van der Waals surface area contributed by atoms with E-state index in [1.54, 1.807) is 0 Å². The lowest BCUT2D eigenvalue weighted by atomic mass is 9.97. The van der Waals surface area contributed by atoms with Crippen LogP contribution in [0.5, 0.6) is 0 Å². The third-order valence-corrected chi connectivity index (χ3v) is 4.72. The molecule has 0 aliphatic carbocycles. The maximum Gasteiger partial charge on any atom is 0.264 e. The van der Waals surface area contributed by atoms with Gasteiger partial charge in [-0.15, -0.1) is 0 Å². The summed E-state index contributed by atoms with van der Waals surface area (Å²) < 4.78 is 56.7. The summed E-state index contributed by atoms with van der Waals surface area (Å²) in [6.07, 6.45) is -3.26. The molecule has 2 fully saturated rings. The molecule has 6 atom stereocenters. The van der Waals surface area contributed by atoms with Gasteiger partial charge in [-0.2, -0.15) is 8.42 Å². The molecule has 0 saturated carbocycles. The van der Waals surface area contributed by atoms with Crippen molar-refractivity contribution >= 4 is 10.1 Å². The molecule has 2 heterocycles. The van der Waals surface area contributed by atoms with Gasteiger partial charge in [0.05, 0.1) is 12.9 Å². The average molecular weight is 374 g/mol. The van der Waals surface area contributed by atoms with Crippen LogP contribution in [0.2, 0.25) is 0 Å². The van der Waals surface area contributed by atoms with E-state index in [4.69, 9.17) is 27.9 Å². The van der Waals surface area contributed by atoms with Crippen LogP contribution in [-0.4, -0.2) is 66.2 Å². The van der Waals surface area contributed by atoms with E-state index < -0.39 is 47.1 Å². The Bertz CT molecular complexity index is 664. The lowest BCUT2D eigenvalue weighted by molar-refractivity contribution is -0.357. The Labute approximate surface area is 147 Å². The van der Waals surface area contributed by atoms with Gasteiger partial charge in [-0.25, -0.2) is 0 Å². The van der Waals surface area contributed by atoms with Gasteiger partial charge in [0.1, 0.15) is 18.3 Å². The molecule has 0 bridgehead atoms. The first-order valence-electron chi connectivity index (χ1n) is 7.84. The van der Waals surface area contributed by atoms with Gasteiger partial charge in [0.25, 0.3) is 10.1 Å². The minimum atomic E-state index is -3.74. The van der Waals surface area contributed by atoms with Crippen molar-refractivity contribution in [2.45, 2.75) is 37.0 Å². The SMILES string of the molecule is COC1OC2COC(c3ccccc3)O[C@H]2C(OC)[C@H]1OS(C)(=O)=O. The Balaban J connectivity index is 1.83. The second kappa shape index (κ2) is 7.67. The highest BCUT2D eigenvalue weighted by molar-refractivity contribution is 7.86. The molecule has 1 aromatic rings. The summed E-state index contributed by atoms with van der Waals surface area (Å²) >= 11 is 0. The van der Waals surface area contributed by atoms with Gasteiger partial charge in [0, 0.05) is 19.8 Å². The fourth-order valence-corrected chi connectivity index (χ4v) is 3.69. The molecular formula is C16H22O8S. The molecule has 2 aliphatic rings. The van der Waals surface area contributed by atoms with Crippen LogP contribution in [0.25, 0.3) is 0 Å². The zero-order chi connectivity index (χ0) is 18.0. The van der Waals surface area contributed by atoms with E-state index in [-0.39, 0.29) is 6.61 Å². The second-order valence-corrected chi connectivity index (χ2v) is 7.52. The van der Waals surface area contributed by atoms with Crippen molar-refractivity contribution in [1.82, 2.24) is 0 Å². The number of methoxy groups -OCH3 is 2. The fourth-order valence-electron chi connectivity index (χ4n) is 3.09. The first-order chi connectivity index (χ1) is 11.9. The number of fused-ring (bicyclic) bond motifs is 1. The predicted molar refractivity (Wildman–Crippen MR) is 86.2 cm³/mol. The van der Waals surface area contributed by atoms with E-state index in [0.29, 0.717) is 0 Å². The highest BCUT2D eigenvalue weighted by Gasteiger charge is 2.52. The Kier molecular flexibility index (Phi) is 5.74. The number of benzene rings is 1. The lowest BCUT2D eigenvalue weighted by Crippen LogP contribution is -2.63. The molecule has 25 heavy (non-hydrogen) atoms. The molecule has 8 nitrogen and oxygen atoms in total. The molecule has 0 aromatic heterocycles. The Morgan fingerprint density at radius 1 is 1.04 bits per heavy atom. The highest BCUT2D eigenvalue weighted by atomic mass is 32.2. The monoisotopic (exact) mass is 374 g/mol. The van der Waals surface area contributed by atoms with Crippen LogP contribution in [0.15, 0.2) is 30.3 Å². The maximum atomic E-state index is 11.6. The molecule has 0 amide bonds. The van der Waals surface area contributed by atoms with Crippen molar-refractivity contribution < 1.29 is 36.3 Å². The van der Waals surface area contributed by atoms with Crippen LogP contribution >= 0.6 is 0 Å². The molecule has 140 valence electrons. The van der Waals surface area contributed by atoms with E-state index in [0.717, 1.165) is 11.8 Å². The lowest BCUT2D eigenvalue weighted by Gasteiger charge is -2.47. The Morgan fingerprint density at radius 3 is 2.36 bits per heavy atom. The highest BCUT2D eigenvalue weighted by Crippen LogP contribution is 2.36. The minimum absolute atomic E-state index is 0.259. The van der Waals surface area contributed by atoms with Crippen LogP contribution in [-0.2, 0) is 38.0 Å². The van der Waals surface area contributed by atoms with Gasteiger partial charge in [-0.3, -0.25) is 4.18 Å². The van der Waals surface area contributed by atoms with Gasteiger partial charge in [0.15, 0.2) is 18.7 Å². The molecule has 2 saturated heterocycles. The zero-order valence-electron chi connectivity index (χ0n) is 14.2. The predicted octanol–water partition coefficient (Wildman–Crippen LogP) is 0.832. The molecule has 9 heteroatoms. The smallest absolute Gasteiger partial charge is 0.264 e. The number of rotatable bonds is 5. The van der Waals surface area contributed by atoms with Crippen molar-refractivity contribution in [3.05, 3.63) is 35.9 Å². The van der Waals surface area contributed by atoms with Crippen LogP contribution in [0.4, 0.5) is 0 Å². The maximum absolute atomic E-state index is 11.6. The topological polar surface area (TPSA) is 89.5 Å². The largest absolute Gasteiger partial charge is 0.376 e. The summed E-state index contributed by atoms with van der Waals surface area (Å²) in [5.74, 6) is 0. The van der Waals surface area contributed by atoms with Crippen molar-refractivity contribution in [2.24, 2.45) is 0 Å². The van der Waals surface area contributed by atoms with Gasteiger partial charge in [0.2, 0.25) is 0 Å². The van der Waals surface area contributed by atoms with Crippen molar-refractivity contribution in [1.29, 1.82) is 0 Å². The molecule has 0 spiro atoms. The third-order valence-electron chi connectivity index (χ3n) is 4.15. The molecule has 0 N–H and O–H groups in total. The van der Waals surface area contributed by atoms with Crippen LogP contribution < -0.4 is 0 Å². The molecule has 4 unspecified atom stereocenters. The van der Waals surface area contributed by atoms with E-state index >= 15 is 0 Å². The van der Waals surface area contributed by atoms with E-state index in [2.05, 4.69) is 0 Å². The number of hydrogen-bond donors (Lipinski definition) is 0. The van der Waals surface area contributed by atoms with Gasteiger partial charge >= 0.3 is 0 Å². The van der Waals surface area contributed by atoms with E-state index in [1.807, 2.05) is 30.3 Å². The van der Waals surface area contributed by atoms with Gasteiger partial charge < -0.3 is 23.7 Å². The summed E-state index contributed by atoms with van der Waals surface area (Å²) in [5, 5.41) is 0. The molecular weight excluding hydrogens is 352 g/mol. The Morgan fingerprint density at radius 2 is 1.76 bits per heavy atom.